The maximum Gasteiger partial charge on any atom is 0.322 e. The third-order valence-electron chi connectivity index (χ3n) is 6.49. The third kappa shape index (κ3) is 3.87. The quantitative estimate of drug-likeness (QED) is 0.598. The van der Waals surface area contributed by atoms with E-state index in [1.165, 1.54) is 0 Å². The minimum absolute atomic E-state index is 0.122. The van der Waals surface area contributed by atoms with Crippen LogP contribution in [0.25, 0.3) is 11.4 Å². The fourth-order valence-electron chi connectivity index (χ4n) is 5.07. The molecule has 1 aliphatic carbocycles. The molecule has 2 amide bonds. The lowest BCUT2D eigenvalue weighted by molar-refractivity contribution is -0.0525. The summed E-state index contributed by atoms with van der Waals surface area (Å²) in [6, 6.07) is 5.22. The second-order valence-electron chi connectivity index (χ2n) is 8.95. The molecule has 1 N–H and O–H groups in total. The van der Waals surface area contributed by atoms with Crippen LogP contribution in [0, 0.1) is 5.92 Å². The Kier molecular flexibility index (Phi) is 5.57. The van der Waals surface area contributed by atoms with Crippen molar-refractivity contribution in [3.63, 3.8) is 0 Å². The number of likely N-dealkylation sites (tertiary alicyclic amines) is 1. The molecule has 0 radical (unpaired) electrons. The highest BCUT2D eigenvalue weighted by atomic mass is 35.5. The highest BCUT2D eigenvalue weighted by Gasteiger charge is 2.60. The van der Waals surface area contributed by atoms with Gasteiger partial charge in [0.2, 0.25) is 11.8 Å². The summed E-state index contributed by atoms with van der Waals surface area (Å²) >= 11 is 6.37. The van der Waals surface area contributed by atoms with Crippen LogP contribution >= 0.6 is 11.6 Å². The fourth-order valence-corrected chi connectivity index (χ4v) is 5.27. The summed E-state index contributed by atoms with van der Waals surface area (Å²) in [5, 5.41) is 16.3. The van der Waals surface area contributed by atoms with E-state index in [1.807, 2.05) is 4.90 Å². The number of anilines is 1. The van der Waals surface area contributed by atoms with Crippen LogP contribution in [0.3, 0.4) is 0 Å². The first-order chi connectivity index (χ1) is 15.9. The molecule has 2 aromatic heterocycles. The lowest BCUT2D eigenvalue weighted by atomic mass is 9.75. The van der Waals surface area contributed by atoms with Crippen molar-refractivity contribution in [1.29, 1.82) is 0 Å². The van der Waals surface area contributed by atoms with E-state index in [4.69, 9.17) is 20.8 Å². The van der Waals surface area contributed by atoms with E-state index in [-0.39, 0.29) is 18.7 Å². The van der Waals surface area contributed by atoms with Gasteiger partial charge in [0, 0.05) is 37.9 Å². The summed E-state index contributed by atoms with van der Waals surface area (Å²) in [4.78, 5) is 19.7. The lowest BCUT2D eigenvalue weighted by Crippen LogP contribution is -2.66. The van der Waals surface area contributed by atoms with E-state index in [1.54, 1.807) is 43.4 Å². The molecule has 2 fully saturated rings. The monoisotopic (exact) mass is 471 g/mol. The minimum atomic E-state index is -0.610. The largest absolute Gasteiger partial charge is 0.420 e. The molecular formula is C22H26ClN7O3. The number of hydrogen-bond donors (Lipinski definition) is 1. The van der Waals surface area contributed by atoms with Crippen LogP contribution in [-0.4, -0.2) is 49.0 Å². The molecule has 10 nitrogen and oxygen atoms in total. The molecule has 0 spiro atoms. The Bertz CT molecular complexity index is 1180. The Balaban J connectivity index is 1.43. The Hall–Kier alpha value is -2.98. The van der Waals surface area contributed by atoms with Crippen LogP contribution < -0.4 is 5.32 Å². The number of benzene rings is 1. The number of rotatable bonds is 5. The Morgan fingerprint density at radius 3 is 2.94 bits per heavy atom. The second kappa shape index (κ2) is 8.42. The van der Waals surface area contributed by atoms with Crippen molar-refractivity contribution in [2.24, 2.45) is 13.0 Å². The molecule has 1 saturated carbocycles. The van der Waals surface area contributed by atoms with Gasteiger partial charge in [-0.25, -0.2) is 9.78 Å². The van der Waals surface area contributed by atoms with Gasteiger partial charge in [-0.05, 0) is 43.4 Å². The van der Waals surface area contributed by atoms with Gasteiger partial charge in [-0.15, -0.1) is 10.2 Å². The van der Waals surface area contributed by atoms with Gasteiger partial charge >= 0.3 is 6.03 Å². The van der Waals surface area contributed by atoms with Crippen molar-refractivity contribution in [3.05, 3.63) is 41.3 Å². The Labute approximate surface area is 196 Å². The summed E-state index contributed by atoms with van der Waals surface area (Å²) in [7, 11) is 3.37. The molecule has 2 bridgehead atoms. The Morgan fingerprint density at radius 1 is 1.33 bits per heavy atom. The zero-order chi connectivity index (χ0) is 23.2. The van der Waals surface area contributed by atoms with Gasteiger partial charge in [0.05, 0.1) is 5.02 Å². The van der Waals surface area contributed by atoms with Crippen LogP contribution in [-0.2, 0) is 23.9 Å². The molecule has 3 atom stereocenters. The topological polar surface area (TPSA) is 111 Å². The van der Waals surface area contributed by atoms with E-state index in [9.17, 15) is 4.79 Å². The number of ether oxygens (including phenoxy) is 1. The van der Waals surface area contributed by atoms with Crippen molar-refractivity contribution >= 4 is 23.3 Å². The number of amides is 2. The van der Waals surface area contributed by atoms with Gasteiger partial charge in [-0.1, -0.05) is 18.5 Å². The molecule has 33 heavy (non-hydrogen) atoms. The molecule has 2 aliphatic rings. The molecule has 1 saturated heterocycles. The molecule has 5 rings (SSSR count). The van der Waals surface area contributed by atoms with E-state index in [2.05, 4.69) is 32.5 Å². The van der Waals surface area contributed by atoms with Crippen molar-refractivity contribution in [1.82, 2.24) is 29.9 Å². The lowest BCUT2D eigenvalue weighted by Gasteiger charge is -2.55. The first kappa shape index (κ1) is 21.8. The summed E-state index contributed by atoms with van der Waals surface area (Å²) < 4.78 is 12.7. The molecule has 3 heterocycles. The van der Waals surface area contributed by atoms with Crippen LogP contribution in [0.4, 0.5) is 10.5 Å². The predicted octanol–water partition coefficient (Wildman–Crippen LogP) is 3.99. The van der Waals surface area contributed by atoms with Crippen molar-refractivity contribution in [2.75, 3.05) is 12.4 Å². The number of carbonyl (C=O) groups is 1. The van der Waals surface area contributed by atoms with E-state index in [0.717, 1.165) is 25.7 Å². The molecule has 1 aliphatic heterocycles. The average Bonchev–Trinajstić information content (AvgIpc) is 3.33. The number of carbonyl (C=O) groups excluding carboxylic acids is 1. The zero-order valence-corrected chi connectivity index (χ0v) is 19.5. The number of methoxy groups -OCH3 is 1. The van der Waals surface area contributed by atoms with Gasteiger partial charge in [0.25, 0.3) is 0 Å². The second-order valence-corrected chi connectivity index (χ2v) is 9.35. The van der Waals surface area contributed by atoms with Crippen molar-refractivity contribution in [3.8, 4) is 11.4 Å². The number of hydrogen-bond acceptors (Lipinski definition) is 7. The molecule has 11 heteroatoms. The van der Waals surface area contributed by atoms with Crippen molar-refractivity contribution < 1.29 is 13.9 Å². The number of nitrogens with one attached hydrogen (secondary N) is 1. The van der Waals surface area contributed by atoms with Gasteiger partial charge in [-0.3, -0.25) is 4.68 Å². The molecule has 174 valence electrons. The molecular weight excluding hydrogens is 446 g/mol. The summed E-state index contributed by atoms with van der Waals surface area (Å²) in [6.07, 6.45) is 5.18. The van der Waals surface area contributed by atoms with Gasteiger partial charge in [0.15, 0.2) is 5.82 Å². The molecule has 0 unspecified atom stereocenters. The maximum absolute atomic E-state index is 13.5. The number of aromatic nitrogens is 5. The first-order valence-corrected chi connectivity index (χ1v) is 11.3. The minimum Gasteiger partial charge on any atom is -0.420 e. The van der Waals surface area contributed by atoms with E-state index >= 15 is 0 Å². The van der Waals surface area contributed by atoms with Gasteiger partial charge in [-0.2, -0.15) is 5.10 Å². The highest BCUT2D eigenvalue weighted by Crippen LogP contribution is 2.53. The number of urea groups is 1. The predicted molar refractivity (Wildman–Crippen MR) is 120 cm³/mol. The van der Waals surface area contributed by atoms with Crippen LogP contribution in [0.15, 0.2) is 28.9 Å². The highest BCUT2D eigenvalue weighted by molar-refractivity contribution is 6.33. The van der Waals surface area contributed by atoms with Gasteiger partial charge in [0.1, 0.15) is 18.5 Å². The average molecular weight is 472 g/mol. The van der Waals surface area contributed by atoms with E-state index in [0.29, 0.717) is 39.8 Å². The standard InChI is InChI=1S/C22H26ClN7O3/c1-13-4-6-15-10-22(9-13,20-27-26-18(33-20)11-32-3)30(15)21(31)25-14-5-7-17(23)16(8-14)19-24-12-29(2)28-19/h5,7-8,12-13,15H,4,6,9-11H2,1-3H3,(H,25,31)/t13-,15+,22-/m0/s1. The molecule has 1 aromatic carbocycles. The Morgan fingerprint density at radius 2 is 2.18 bits per heavy atom. The summed E-state index contributed by atoms with van der Waals surface area (Å²) in [6.45, 7) is 2.44. The number of aryl methyl sites for hydroxylation is 1. The zero-order valence-electron chi connectivity index (χ0n) is 18.8. The number of fused-ring (bicyclic) bond motifs is 2. The summed E-state index contributed by atoms with van der Waals surface area (Å²) in [5.41, 5.74) is 0.659. The SMILES string of the molecule is COCc1nnc([C@]23C[C@@H](C)CC[C@H](C2)N3C(=O)Nc2ccc(Cl)c(-c3ncn(C)n3)c2)o1. The fraction of sp³-hybridized carbons (Fsp3) is 0.500. The third-order valence-corrected chi connectivity index (χ3v) is 6.82. The number of halogens is 1. The normalized spacial score (nSPS) is 24.3. The first-order valence-electron chi connectivity index (χ1n) is 11.0. The number of nitrogens with zero attached hydrogens (tertiary/aromatic N) is 6. The smallest absolute Gasteiger partial charge is 0.322 e. The van der Waals surface area contributed by atoms with Crippen molar-refractivity contribution in [2.45, 2.75) is 50.8 Å². The van der Waals surface area contributed by atoms with E-state index < -0.39 is 5.54 Å². The molecule has 3 aromatic rings. The van der Waals surface area contributed by atoms with Crippen LogP contribution in [0.1, 0.15) is 44.4 Å². The maximum atomic E-state index is 13.5. The van der Waals surface area contributed by atoms with Gasteiger partial charge < -0.3 is 19.4 Å². The van der Waals surface area contributed by atoms with Crippen LogP contribution in [0.5, 0.6) is 0 Å². The van der Waals surface area contributed by atoms with Crippen LogP contribution in [0.2, 0.25) is 5.02 Å². The summed E-state index contributed by atoms with van der Waals surface area (Å²) in [5.74, 6) is 1.82.